The highest BCUT2D eigenvalue weighted by Gasteiger charge is 2.40. The van der Waals surface area contributed by atoms with Crippen LogP contribution in [0.5, 0.6) is 0 Å². The van der Waals surface area contributed by atoms with E-state index in [0.29, 0.717) is 31.2 Å². The molecule has 2 fully saturated rings. The summed E-state index contributed by atoms with van der Waals surface area (Å²) in [5, 5.41) is 3.26. The van der Waals surface area contributed by atoms with Gasteiger partial charge in [-0.1, -0.05) is 20.3 Å². The molecule has 1 atom stereocenters. The Morgan fingerprint density at radius 2 is 2.00 bits per heavy atom. The zero-order chi connectivity index (χ0) is 13.9. The van der Waals surface area contributed by atoms with E-state index in [9.17, 15) is 4.79 Å². The van der Waals surface area contributed by atoms with Gasteiger partial charge in [0.1, 0.15) is 0 Å². The van der Waals surface area contributed by atoms with Crippen molar-refractivity contribution in [3.05, 3.63) is 0 Å². The minimum atomic E-state index is -0.389. The van der Waals surface area contributed by atoms with Crippen molar-refractivity contribution >= 4 is 5.91 Å². The first-order valence-electron chi connectivity index (χ1n) is 7.56. The number of amides is 1. The number of hydrogen-bond donors (Lipinski definition) is 2. The summed E-state index contributed by atoms with van der Waals surface area (Å²) in [6.45, 7) is 6.32. The van der Waals surface area contributed by atoms with Crippen LogP contribution < -0.4 is 11.1 Å². The second kappa shape index (κ2) is 5.80. The standard InChI is InChI=1S/C15H28N2O2/c1-14(2)5-3-4-12(10-14)17-13(18)15(11-16)6-8-19-9-7-15/h12H,3-11,16H2,1-2H3,(H,17,18). The van der Waals surface area contributed by atoms with Crippen molar-refractivity contribution in [3.8, 4) is 0 Å². The summed E-state index contributed by atoms with van der Waals surface area (Å²) in [6.07, 6.45) is 6.16. The van der Waals surface area contributed by atoms with Gasteiger partial charge in [0.15, 0.2) is 0 Å². The van der Waals surface area contributed by atoms with Gasteiger partial charge in [-0.2, -0.15) is 0 Å². The third-order valence-electron chi connectivity index (χ3n) is 4.86. The smallest absolute Gasteiger partial charge is 0.227 e. The molecule has 0 aromatic rings. The van der Waals surface area contributed by atoms with Gasteiger partial charge in [-0.25, -0.2) is 0 Å². The summed E-state index contributed by atoms with van der Waals surface area (Å²) in [4.78, 5) is 12.6. The molecule has 1 aliphatic carbocycles. The molecule has 110 valence electrons. The van der Waals surface area contributed by atoms with Gasteiger partial charge >= 0.3 is 0 Å². The minimum absolute atomic E-state index is 0.154. The zero-order valence-electron chi connectivity index (χ0n) is 12.3. The average molecular weight is 268 g/mol. The van der Waals surface area contributed by atoms with Gasteiger partial charge in [0.25, 0.3) is 0 Å². The number of nitrogens with two attached hydrogens (primary N) is 1. The normalized spacial score (nSPS) is 29.7. The molecular formula is C15H28N2O2. The monoisotopic (exact) mass is 268 g/mol. The third kappa shape index (κ3) is 3.48. The SMILES string of the molecule is CC1(C)CCCC(NC(=O)C2(CN)CCOCC2)C1. The van der Waals surface area contributed by atoms with Crippen LogP contribution in [0.3, 0.4) is 0 Å². The Hall–Kier alpha value is -0.610. The number of carbonyl (C=O) groups excluding carboxylic acids is 1. The molecular weight excluding hydrogens is 240 g/mol. The van der Waals surface area contributed by atoms with Crippen molar-refractivity contribution in [2.75, 3.05) is 19.8 Å². The van der Waals surface area contributed by atoms with Crippen molar-refractivity contribution in [2.45, 2.75) is 58.4 Å². The van der Waals surface area contributed by atoms with Gasteiger partial charge in [-0.3, -0.25) is 4.79 Å². The molecule has 4 heteroatoms. The van der Waals surface area contributed by atoms with E-state index >= 15 is 0 Å². The maximum Gasteiger partial charge on any atom is 0.227 e. The Kier molecular flexibility index (Phi) is 4.51. The molecule has 1 heterocycles. The van der Waals surface area contributed by atoms with Gasteiger partial charge in [-0.05, 0) is 37.5 Å². The summed E-state index contributed by atoms with van der Waals surface area (Å²) < 4.78 is 5.36. The second-order valence-electron chi connectivity index (χ2n) is 7.03. The predicted octanol–water partition coefficient (Wildman–Crippen LogP) is 1.83. The molecule has 0 bridgehead atoms. The molecule has 0 spiro atoms. The highest BCUT2D eigenvalue weighted by molar-refractivity contribution is 5.83. The van der Waals surface area contributed by atoms with Gasteiger partial charge in [0, 0.05) is 25.8 Å². The van der Waals surface area contributed by atoms with Crippen molar-refractivity contribution in [2.24, 2.45) is 16.6 Å². The zero-order valence-corrected chi connectivity index (χ0v) is 12.3. The molecule has 1 amide bonds. The van der Waals surface area contributed by atoms with Crippen LogP contribution in [0.15, 0.2) is 0 Å². The largest absolute Gasteiger partial charge is 0.381 e. The lowest BCUT2D eigenvalue weighted by Crippen LogP contribution is -2.53. The average Bonchev–Trinajstić information content (AvgIpc) is 2.38. The predicted molar refractivity (Wildman–Crippen MR) is 75.7 cm³/mol. The van der Waals surface area contributed by atoms with Crippen LogP contribution >= 0.6 is 0 Å². The van der Waals surface area contributed by atoms with E-state index in [1.807, 2.05) is 0 Å². The van der Waals surface area contributed by atoms with Crippen LogP contribution in [0, 0.1) is 10.8 Å². The molecule has 0 aromatic heterocycles. The van der Waals surface area contributed by atoms with Gasteiger partial charge in [0.05, 0.1) is 5.41 Å². The Morgan fingerprint density at radius 3 is 2.58 bits per heavy atom. The lowest BCUT2D eigenvalue weighted by molar-refractivity contribution is -0.137. The summed E-state index contributed by atoms with van der Waals surface area (Å²) >= 11 is 0. The van der Waals surface area contributed by atoms with Crippen molar-refractivity contribution in [1.29, 1.82) is 0 Å². The number of nitrogens with one attached hydrogen (secondary N) is 1. The minimum Gasteiger partial charge on any atom is -0.381 e. The van der Waals surface area contributed by atoms with Crippen molar-refractivity contribution in [3.63, 3.8) is 0 Å². The van der Waals surface area contributed by atoms with Crippen LogP contribution in [-0.4, -0.2) is 31.7 Å². The van der Waals surface area contributed by atoms with Crippen molar-refractivity contribution in [1.82, 2.24) is 5.32 Å². The Balaban J connectivity index is 1.95. The molecule has 1 unspecified atom stereocenters. The van der Waals surface area contributed by atoms with E-state index < -0.39 is 0 Å². The summed E-state index contributed by atoms with van der Waals surface area (Å²) in [5.74, 6) is 0.154. The van der Waals surface area contributed by atoms with Crippen LogP contribution in [0.1, 0.15) is 52.4 Å². The van der Waals surface area contributed by atoms with E-state index in [1.54, 1.807) is 0 Å². The maximum atomic E-state index is 12.6. The van der Waals surface area contributed by atoms with E-state index in [1.165, 1.54) is 12.8 Å². The Bertz CT molecular complexity index is 322. The summed E-state index contributed by atoms with van der Waals surface area (Å²) in [5.41, 5.74) is 5.84. The van der Waals surface area contributed by atoms with Crippen LogP contribution in [0.2, 0.25) is 0 Å². The van der Waals surface area contributed by atoms with E-state index in [4.69, 9.17) is 10.5 Å². The fourth-order valence-electron chi connectivity index (χ4n) is 3.45. The van der Waals surface area contributed by atoms with Crippen LogP contribution in [-0.2, 0) is 9.53 Å². The number of rotatable bonds is 3. The Labute approximate surface area is 116 Å². The summed E-state index contributed by atoms with van der Waals surface area (Å²) in [7, 11) is 0. The van der Waals surface area contributed by atoms with Gasteiger partial charge < -0.3 is 15.8 Å². The highest BCUT2D eigenvalue weighted by Crippen LogP contribution is 2.36. The van der Waals surface area contributed by atoms with Crippen LogP contribution in [0.25, 0.3) is 0 Å². The quantitative estimate of drug-likeness (QED) is 0.820. The highest BCUT2D eigenvalue weighted by atomic mass is 16.5. The maximum absolute atomic E-state index is 12.6. The topological polar surface area (TPSA) is 64.4 Å². The lowest BCUT2D eigenvalue weighted by Gasteiger charge is -2.39. The van der Waals surface area contributed by atoms with Gasteiger partial charge in [-0.15, -0.1) is 0 Å². The third-order valence-corrected chi connectivity index (χ3v) is 4.86. The molecule has 0 aromatic carbocycles. The van der Waals surface area contributed by atoms with E-state index in [-0.39, 0.29) is 11.3 Å². The van der Waals surface area contributed by atoms with E-state index in [0.717, 1.165) is 25.7 Å². The number of hydrogen-bond acceptors (Lipinski definition) is 3. The fourth-order valence-corrected chi connectivity index (χ4v) is 3.45. The number of carbonyl (C=O) groups is 1. The molecule has 19 heavy (non-hydrogen) atoms. The van der Waals surface area contributed by atoms with Crippen molar-refractivity contribution < 1.29 is 9.53 Å². The summed E-state index contributed by atoms with van der Waals surface area (Å²) in [6, 6.07) is 0.322. The first-order valence-corrected chi connectivity index (χ1v) is 7.56. The molecule has 1 aliphatic heterocycles. The van der Waals surface area contributed by atoms with E-state index in [2.05, 4.69) is 19.2 Å². The second-order valence-corrected chi connectivity index (χ2v) is 7.03. The molecule has 1 saturated heterocycles. The molecule has 3 N–H and O–H groups in total. The first-order chi connectivity index (χ1) is 8.97. The lowest BCUT2D eigenvalue weighted by atomic mass is 9.74. The van der Waals surface area contributed by atoms with Gasteiger partial charge in [0.2, 0.25) is 5.91 Å². The number of ether oxygens (including phenoxy) is 1. The molecule has 4 nitrogen and oxygen atoms in total. The molecule has 1 saturated carbocycles. The fraction of sp³-hybridized carbons (Fsp3) is 0.933. The Morgan fingerprint density at radius 1 is 1.32 bits per heavy atom. The first kappa shape index (κ1) is 14.8. The van der Waals surface area contributed by atoms with Crippen LogP contribution in [0.4, 0.5) is 0 Å². The molecule has 0 radical (unpaired) electrons. The molecule has 2 rings (SSSR count). The molecule has 2 aliphatic rings.